The fourth-order valence-corrected chi connectivity index (χ4v) is 5.16. The first kappa shape index (κ1) is 9.67. The zero-order valence-corrected chi connectivity index (χ0v) is 11.7. The van der Waals surface area contributed by atoms with Crippen molar-refractivity contribution in [2.24, 2.45) is 11.8 Å². The minimum Gasteiger partial charge on any atom is -0.0693 e. The molecule has 4 aliphatic carbocycles. The summed E-state index contributed by atoms with van der Waals surface area (Å²) in [6, 6.07) is 8.90. The molecule has 2 bridgehead atoms. The second-order valence-corrected chi connectivity index (χ2v) is 6.67. The number of halogens is 2. The summed E-state index contributed by atoms with van der Waals surface area (Å²) in [7, 11) is 0. The molecule has 2 heteroatoms. The van der Waals surface area contributed by atoms with Gasteiger partial charge in [0.15, 0.2) is 0 Å². The first-order valence-corrected chi connectivity index (χ1v) is 7.19. The maximum Gasteiger partial charge on any atom is 0.0235 e. The van der Waals surface area contributed by atoms with Crippen molar-refractivity contribution < 1.29 is 0 Å². The zero-order valence-electron chi connectivity index (χ0n) is 8.53. The van der Waals surface area contributed by atoms with Crippen LogP contribution in [-0.4, -0.2) is 0 Å². The van der Waals surface area contributed by atoms with Crippen molar-refractivity contribution in [2.45, 2.75) is 11.8 Å². The van der Waals surface area contributed by atoms with Gasteiger partial charge in [-0.05, 0) is 26.0 Å². The van der Waals surface area contributed by atoms with Crippen molar-refractivity contribution in [1.29, 1.82) is 0 Å². The van der Waals surface area contributed by atoms with Crippen molar-refractivity contribution in [3.63, 3.8) is 0 Å². The molecular formula is C14H10Br2. The Morgan fingerprint density at radius 3 is 2.38 bits per heavy atom. The predicted molar refractivity (Wildman–Crippen MR) is 72.9 cm³/mol. The van der Waals surface area contributed by atoms with E-state index in [2.05, 4.69) is 68.3 Å². The second-order valence-electron chi connectivity index (χ2n) is 4.84. The molecular weight excluding hydrogens is 328 g/mol. The fourth-order valence-electron chi connectivity index (χ4n) is 3.47. The van der Waals surface area contributed by atoms with Crippen molar-refractivity contribution in [3.8, 4) is 0 Å². The third-order valence-electron chi connectivity index (χ3n) is 4.18. The van der Waals surface area contributed by atoms with Crippen LogP contribution in [-0.2, 0) is 0 Å². The van der Waals surface area contributed by atoms with Gasteiger partial charge < -0.3 is 0 Å². The highest BCUT2D eigenvalue weighted by Crippen LogP contribution is 2.63. The molecule has 5 rings (SSSR count). The van der Waals surface area contributed by atoms with Gasteiger partial charge in [-0.15, -0.1) is 0 Å². The molecule has 0 nitrogen and oxygen atoms in total. The van der Waals surface area contributed by atoms with E-state index in [9.17, 15) is 0 Å². The maximum absolute atomic E-state index is 3.76. The molecule has 4 atom stereocenters. The Morgan fingerprint density at radius 1 is 0.875 bits per heavy atom. The molecule has 80 valence electrons. The fraction of sp³-hybridized carbons (Fsp3) is 0.286. The molecule has 0 aromatic heterocycles. The molecule has 0 N–H and O–H groups in total. The van der Waals surface area contributed by atoms with Crippen LogP contribution >= 0.6 is 31.9 Å². The lowest BCUT2D eigenvalue weighted by Gasteiger charge is -2.51. The highest BCUT2D eigenvalue weighted by molar-refractivity contribution is 9.12. The normalized spacial score (nSPS) is 38.1. The molecule has 4 aliphatic rings. The van der Waals surface area contributed by atoms with E-state index in [-0.39, 0.29) is 0 Å². The first-order chi connectivity index (χ1) is 7.77. The SMILES string of the molecule is BrC1=C[C@@H]2[C@H]1[C@@H]1C(Br)=C[C@H]2c2ccccc21. The van der Waals surface area contributed by atoms with Gasteiger partial charge in [0, 0.05) is 17.8 Å². The van der Waals surface area contributed by atoms with Gasteiger partial charge in [-0.3, -0.25) is 0 Å². The second kappa shape index (κ2) is 3.11. The summed E-state index contributed by atoms with van der Waals surface area (Å²) < 4.78 is 2.77. The molecule has 1 aromatic carbocycles. The number of benzene rings is 1. The quantitative estimate of drug-likeness (QED) is 0.644. The third kappa shape index (κ3) is 1.01. The Kier molecular flexibility index (Phi) is 1.88. The van der Waals surface area contributed by atoms with E-state index < -0.39 is 0 Å². The largest absolute Gasteiger partial charge is 0.0693 e. The van der Waals surface area contributed by atoms with Gasteiger partial charge in [-0.2, -0.15) is 0 Å². The van der Waals surface area contributed by atoms with Crippen LogP contribution in [0.3, 0.4) is 0 Å². The van der Waals surface area contributed by atoms with E-state index in [0.29, 0.717) is 17.8 Å². The summed E-state index contributed by atoms with van der Waals surface area (Å²) >= 11 is 7.45. The summed E-state index contributed by atoms with van der Waals surface area (Å²) in [5.74, 6) is 2.53. The molecule has 0 saturated carbocycles. The number of rotatable bonds is 0. The minimum absolute atomic E-state index is 0.547. The highest BCUT2D eigenvalue weighted by Gasteiger charge is 2.51. The molecule has 0 unspecified atom stereocenters. The van der Waals surface area contributed by atoms with Crippen LogP contribution in [0.5, 0.6) is 0 Å². The van der Waals surface area contributed by atoms with Crippen LogP contribution in [0.25, 0.3) is 0 Å². The summed E-state index contributed by atoms with van der Waals surface area (Å²) in [4.78, 5) is 0. The zero-order chi connectivity index (χ0) is 10.9. The average Bonchev–Trinajstić information content (AvgIpc) is 2.29. The van der Waals surface area contributed by atoms with Gasteiger partial charge in [0.2, 0.25) is 0 Å². The Labute approximate surface area is 112 Å². The van der Waals surface area contributed by atoms with Crippen LogP contribution in [0.2, 0.25) is 0 Å². The predicted octanol–water partition coefficient (Wildman–Crippen LogP) is 4.68. The molecule has 1 aromatic rings. The summed E-state index contributed by atoms with van der Waals surface area (Å²) in [5, 5.41) is 0. The topological polar surface area (TPSA) is 0 Å². The van der Waals surface area contributed by atoms with E-state index in [4.69, 9.17) is 0 Å². The Hall–Kier alpha value is -0.340. The van der Waals surface area contributed by atoms with Gasteiger partial charge in [0.25, 0.3) is 0 Å². The first-order valence-electron chi connectivity index (χ1n) is 5.60. The van der Waals surface area contributed by atoms with E-state index in [1.165, 1.54) is 20.1 Å². The van der Waals surface area contributed by atoms with Crippen LogP contribution < -0.4 is 0 Å². The van der Waals surface area contributed by atoms with Crippen LogP contribution in [0.1, 0.15) is 23.0 Å². The van der Waals surface area contributed by atoms with Crippen LogP contribution in [0, 0.1) is 11.8 Å². The van der Waals surface area contributed by atoms with Gasteiger partial charge in [0.1, 0.15) is 0 Å². The third-order valence-corrected chi connectivity index (χ3v) is 5.74. The van der Waals surface area contributed by atoms with Gasteiger partial charge >= 0.3 is 0 Å². The van der Waals surface area contributed by atoms with Gasteiger partial charge in [0.05, 0.1) is 0 Å². The molecule has 16 heavy (non-hydrogen) atoms. The molecule has 0 saturated heterocycles. The Morgan fingerprint density at radius 2 is 1.62 bits per heavy atom. The molecule has 0 spiro atoms. The lowest BCUT2D eigenvalue weighted by atomic mass is 9.55. The number of hydrogen-bond donors (Lipinski definition) is 0. The van der Waals surface area contributed by atoms with Gasteiger partial charge in [-0.25, -0.2) is 0 Å². The van der Waals surface area contributed by atoms with Crippen molar-refractivity contribution >= 4 is 31.9 Å². The van der Waals surface area contributed by atoms with Crippen molar-refractivity contribution in [2.75, 3.05) is 0 Å². The monoisotopic (exact) mass is 336 g/mol. The number of hydrogen-bond acceptors (Lipinski definition) is 0. The van der Waals surface area contributed by atoms with Crippen LogP contribution in [0.4, 0.5) is 0 Å². The molecule has 0 amide bonds. The average molecular weight is 338 g/mol. The van der Waals surface area contributed by atoms with Crippen molar-refractivity contribution in [1.82, 2.24) is 0 Å². The van der Waals surface area contributed by atoms with E-state index in [0.717, 1.165) is 5.92 Å². The van der Waals surface area contributed by atoms with Gasteiger partial charge in [-0.1, -0.05) is 68.3 Å². The van der Waals surface area contributed by atoms with Crippen molar-refractivity contribution in [3.05, 3.63) is 56.5 Å². The van der Waals surface area contributed by atoms with E-state index >= 15 is 0 Å². The van der Waals surface area contributed by atoms with Crippen LogP contribution in [0.15, 0.2) is 45.4 Å². The Bertz CT molecular complexity index is 541. The highest BCUT2D eigenvalue weighted by atomic mass is 79.9. The smallest absolute Gasteiger partial charge is 0.0235 e. The molecule has 0 heterocycles. The lowest BCUT2D eigenvalue weighted by Crippen LogP contribution is -2.40. The molecule has 0 fully saturated rings. The standard InChI is InChI=1S/C14H10Br2/c15-11-5-9-7-3-1-2-4-8(7)13(11)14-10(9)6-12(14)16/h1-6,9-10,13-14H/t9-,10-,13-,14+/m0/s1. The summed E-state index contributed by atoms with van der Waals surface area (Å²) in [5.41, 5.74) is 3.06. The molecule has 0 radical (unpaired) electrons. The summed E-state index contributed by atoms with van der Waals surface area (Å²) in [6.07, 6.45) is 4.79. The molecule has 0 aliphatic heterocycles. The lowest BCUT2D eigenvalue weighted by molar-refractivity contribution is 0.309. The van der Waals surface area contributed by atoms with E-state index in [1.807, 2.05) is 0 Å². The summed E-state index contributed by atoms with van der Waals surface area (Å²) in [6.45, 7) is 0. The maximum atomic E-state index is 3.76. The van der Waals surface area contributed by atoms with E-state index in [1.54, 1.807) is 0 Å². The Balaban J connectivity index is 1.98. The minimum atomic E-state index is 0.547. The number of allylic oxidation sites excluding steroid dienone is 4.